The van der Waals surface area contributed by atoms with Gasteiger partial charge < -0.3 is 75.6 Å². The molecule has 17 rings (SSSR count). The molecule has 28 nitrogen and oxygen atoms in total. The van der Waals surface area contributed by atoms with Crippen molar-refractivity contribution >= 4 is 151 Å². The number of nitrogens with two attached hydrogens (primary N) is 2. The van der Waals surface area contributed by atoms with Crippen molar-refractivity contribution in [1.82, 2.24) is 53.8 Å². The molecule has 9 N–H and O–H groups in total. The predicted molar refractivity (Wildman–Crippen MR) is 472 cm³/mol. The molecule has 1 fully saturated rings. The second-order valence-corrected chi connectivity index (χ2v) is 30.0. The van der Waals surface area contributed by atoms with Gasteiger partial charge in [-0.25, -0.2) is 42.5 Å². The highest BCUT2D eigenvalue weighted by molar-refractivity contribution is 7.80. The Kier molecular flexibility index (Phi) is 28.1. The predicted octanol–water partition coefficient (Wildman–Crippen LogP) is 19.7. The van der Waals surface area contributed by atoms with Crippen LogP contribution in [0.3, 0.4) is 0 Å². The molecule has 16 aromatic rings. The van der Waals surface area contributed by atoms with Crippen LogP contribution in [0.25, 0.3) is 62.4 Å². The Hall–Kier alpha value is -14.4. The van der Waals surface area contributed by atoms with Gasteiger partial charge in [-0.3, -0.25) is 30.0 Å². The van der Waals surface area contributed by atoms with Crippen LogP contribution >= 0.6 is 57.8 Å². The fourth-order valence-corrected chi connectivity index (χ4v) is 15.2. The lowest BCUT2D eigenvalue weighted by molar-refractivity contribution is -0.384. The minimum Gasteiger partial charge on any atom is -0.453 e. The summed E-state index contributed by atoms with van der Waals surface area (Å²) in [7, 11) is 5.73. The van der Waals surface area contributed by atoms with Gasteiger partial charge >= 0.3 is 17.5 Å². The number of carbonyl (C=O) groups is 3. The molecular formula is C85H73ClF3N19O9S4. The lowest BCUT2D eigenvalue weighted by Gasteiger charge is -2.21. The fourth-order valence-electron chi connectivity index (χ4n) is 11.6. The number of para-hydroxylation sites is 3. The number of aromatic nitrogens is 9. The fraction of sp³-hybridized carbons (Fsp3) is 0.106. The molecule has 1 saturated heterocycles. The summed E-state index contributed by atoms with van der Waals surface area (Å²) in [6.45, 7) is 3.50. The molecule has 7 aromatic carbocycles. The molecule has 0 aliphatic carbocycles. The molecular weight excluding hydrogens is 1650 g/mol. The first-order valence-electron chi connectivity index (χ1n) is 36.8. The monoisotopic (exact) mass is 1720 g/mol. The number of non-ortho nitro benzene ring substituents is 1. The molecule has 0 atom stereocenters. The van der Waals surface area contributed by atoms with Crippen LogP contribution in [0.4, 0.5) is 67.4 Å². The maximum absolute atomic E-state index is 15.0. The molecule has 9 aromatic heterocycles. The van der Waals surface area contributed by atoms with E-state index in [1.807, 2.05) is 168 Å². The number of fused-ring (bicyclic) bond motifs is 3. The summed E-state index contributed by atoms with van der Waals surface area (Å²) >= 11 is 14.9. The molecule has 1 aliphatic rings. The molecule has 121 heavy (non-hydrogen) atoms. The molecule has 4 amide bonds. The molecule has 0 radical (unpaired) electrons. The zero-order chi connectivity index (χ0) is 84.9. The maximum Gasteiger partial charge on any atom is 0.409 e. The average molecular weight is 1730 g/mol. The summed E-state index contributed by atoms with van der Waals surface area (Å²) in [5.74, 6) is 0.224. The number of imidazole rings is 3. The van der Waals surface area contributed by atoms with E-state index in [9.17, 15) is 33.3 Å². The number of hydrogen-bond donors (Lipinski definition) is 7. The highest BCUT2D eigenvalue weighted by Gasteiger charge is 2.31. The molecule has 0 unspecified atom stereocenters. The zero-order valence-corrected chi connectivity index (χ0v) is 68.4. The summed E-state index contributed by atoms with van der Waals surface area (Å²) in [6, 6.07) is 57.5. The van der Waals surface area contributed by atoms with Crippen LogP contribution in [-0.4, -0.2) is 115 Å². The van der Waals surface area contributed by atoms with E-state index < -0.39 is 39.9 Å². The van der Waals surface area contributed by atoms with E-state index in [0.29, 0.717) is 72.1 Å². The van der Waals surface area contributed by atoms with Gasteiger partial charge in [-0.05, 0) is 115 Å². The van der Waals surface area contributed by atoms with Crippen molar-refractivity contribution in [3.8, 4) is 72.0 Å². The normalized spacial score (nSPS) is 11.4. The Morgan fingerprint density at radius 1 is 0.512 bits per heavy atom. The van der Waals surface area contributed by atoms with Crippen LogP contribution in [0, 0.1) is 27.6 Å². The minimum atomic E-state index is -0.978. The third-order valence-electron chi connectivity index (χ3n) is 17.3. The number of benzene rings is 7. The van der Waals surface area contributed by atoms with Crippen LogP contribution in [0.15, 0.2) is 262 Å². The summed E-state index contributed by atoms with van der Waals surface area (Å²) < 4.78 is 73.9. The minimum absolute atomic E-state index is 0.0373. The number of nitrogen functional groups attached to an aromatic ring is 1. The maximum atomic E-state index is 15.0. The van der Waals surface area contributed by atoms with Gasteiger partial charge in [-0.1, -0.05) is 54.6 Å². The van der Waals surface area contributed by atoms with E-state index in [2.05, 4.69) is 61.2 Å². The number of carbonyl (C=O) groups excluding carboxylic acids is 3. The first kappa shape index (κ1) is 84.6. The number of nitrogens with one attached hydrogen (secondary N) is 5. The molecule has 0 bridgehead atoms. The number of nitro groups is 1. The van der Waals surface area contributed by atoms with E-state index >= 15 is 4.39 Å². The smallest absolute Gasteiger partial charge is 0.409 e. The first-order valence-corrected chi connectivity index (χ1v) is 40.1. The number of hydrogen-bond acceptors (Lipinski definition) is 23. The largest absolute Gasteiger partial charge is 0.453 e. The van der Waals surface area contributed by atoms with Gasteiger partial charge in [0.15, 0.2) is 39.8 Å². The van der Waals surface area contributed by atoms with Gasteiger partial charge in [0.1, 0.15) is 23.0 Å². The lowest BCUT2D eigenvalue weighted by Crippen LogP contribution is -2.38. The van der Waals surface area contributed by atoms with Crippen LogP contribution < -0.4 is 61.9 Å². The highest BCUT2D eigenvalue weighted by atomic mass is 35.5. The van der Waals surface area contributed by atoms with Gasteiger partial charge in [-0.2, -0.15) is 0 Å². The van der Waals surface area contributed by atoms with Crippen molar-refractivity contribution < 1.29 is 51.4 Å². The number of pyridine rings is 3. The second kappa shape index (κ2) is 40.2. The summed E-state index contributed by atoms with van der Waals surface area (Å²) in [5.41, 5.74) is 18.6. The van der Waals surface area contributed by atoms with Crippen molar-refractivity contribution in [2.45, 2.75) is 0 Å². The highest BCUT2D eigenvalue weighted by Crippen LogP contribution is 2.43. The number of rotatable bonds is 21. The number of thiocarbonyl (C=S) groups is 1. The van der Waals surface area contributed by atoms with Crippen molar-refractivity contribution in [2.75, 3.05) is 71.2 Å². The number of aryl methyl sites for hydroxylation is 3. The Bertz CT molecular complexity index is 6300. The van der Waals surface area contributed by atoms with Crippen LogP contribution in [0.2, 0.25) is 0 Å². The van der Waals surface area contributed by atoms with Crippen LogP contribution in [0.1, 0.15) is 0 Å². The van der Waals surface area contributed by atoms with Gasteiger partial charge in [0.25, 0.3) is 5.69 Å². The van der Waals surface area contributed by atoms with E-state index in [4.69, 9.17) is 49.5 Å². The quantitative estimate of drug-likeness (QED) is 0.00877. The Balaban J connectivity index is 0.000000140. The molecule has 614 valence electrons. The topological polar surface area (TPSA) is 342 Å². The number of urea groups is 2. The average Bonchev–Trinajstić information content (AvgIpc) is 1.68. The summed E-state index contributed by atoms with van der Waals surface area (Å²) in [4.78, 5) is 77.5. The van der Waals surface area contributed by atoms with Crippen molar-refractivity contribution in [1.29, 1.82) is 0 Å². The lowest BCUT2D eigenvalue weighted by atomic mass is 10.3. The second-order valence-electron chi connectivity index (χ2n) is 26.2. The zero-order valence-electron chi connectivity index (χ0n) is 64.4. The van der Waals surface area contributed by atoms with Crippen LogP contribution in [0.5, 0.6) is 40.2 Å². The molecule has 36 heteroatoms. The number of nitro benzene ring substituents is 1. The Labute approximate surface area is 711 Å². The van der Waals surface area contributed by atoms with E-state index in [1.165, 1.54) is 99.6 Å². The Morgan fingerprint density at radius 3 is 1.36 bits per heavy atom. The van der Waals surface area contributed by atoms with E-state index in [1.54, 1.807) is 74.0 Å². The number of ether oxygens (including phenoxy) is 4. The third kappa shape index (κ3) is 22.7. The Morgan fingerprint density at radius 2 is 0.942 bits per heavy atom. The van der Waals surface area contributed by atoms with Gasteiger partial charge in [0.05, 0.1) is 86.3 Å². The molecule has 0 spiro atoms. The SMILES string of the molecule is Cn1cnc(-c2cc3nccc(Oc4ccc(N)cc4F)c3s2)c1.Cn1cnc(-c2cc3nccc(Oc4ccc(NC(=O)N5CCN(c6ccccc6)C5=S)cc4F)c3s2)c1.Cn1cnc(-c2cc3nccc(Oc4ccc(NC(=O)NCCNc5ccccc5)cc4F)c3s2)c1.NCCNc1ccccc1.O=C(Cl)Oc1ccc([N+](=O)[O-])cc1. The van der Waals surface area contributed by atoms with Crippen molar-refractivity contribution in [3.63, 3.8) is 0 Å². The van der Waals surface area contributed by atoms with Gasteiger partial charge in [-0.15, -0.1) is 34.0 Å². The van der Waals surface area contributed by atoms with Crippen molar-refractivity contribution in [2.24, 2.45) is 26.9 Å². The first-order chi connectivity index (χ1) is 58.6. The van der Waals surface area contributed by atoms with Crippen LogP contribution in [-0.2, 0) is 21.1 Å². The number of thiophene rings is 3. The number of amides is 4. The third-order valence-corrected chi connectivity index (χ3v) is 21.3. The molecule has 1 aliphatic heterocycles. The number of halogens is 4. The van der Waals surface area contributed by atoms with Gasteiger partial charge in [0.2, 0.25) is 0 Å². The summed E-state index contributed by atoms with van der Waals surface area (Å²) in [5, 5.41) is 25.1. The summed E-state index contributed by atoms with van der Waals surface area (Å²) in [6.07, 6.45) is 15.9. The number of nitrogens with zero attached hydrogens (tertiary/aromatic N) is 12. The van der Waals surface area contributed by atoms with E-state index in [-0.39, 0.29) is 28.7 Å². The molecule has 0 saturated carbocycles. The van der Waals surface area contributed by atoms with Gasteiger partial charge in [0, 0.05) is 192 Å². The van der Waals surface area contributed by atoms with Crippen molar-refractivity contribution in [3.05, 3.63) is 290 Å². The van der Waals surface area contributed by atoms with E-state index in [0.717, 1.165) is 86.0 Å². The standard InChI is InChI=1S/C27H21FN6O2S2.C26H23FN6O2S.C17H13FN4OS.C8H12N2.C7H4ClNO4/c1-32-15-21(30-16-32)24-14-20-25(38-24)23(9-10-29-20)36-22-8-7-17(13-19(22)28)31-26(35)34-12-11-33(27(34)37)18-5-3-2-4-6-18;1-33-15-21(31-16-33)24-14-20-25(36-24)23(9-10-29-20)35-22-8-7-18(13-19(22)27)32-26(34)30-12-11-28-17-5-3-2-4-6-17;1-22-8-13(21-9-22)16-7-12-17(24-16)15(4-5-20-12)23-14-3-2-10(19)6-11(14)18;9-6-7-10-8-4-2-1-3-5-8;8-7(10)13-6-3-1-5(2-4-6)9(11)12/h2-10,13-16H,11-12H2,1H3,(H,31,35);2-10,13-16,28H,11-12H2,1H3,(H2,30,32,34);2-9H,19H2,1H3;1-5,10H,6-7,9H2;1-4H. The molecule has 10 heterocycles. The number of anilines is 6.